The minimum Gasteiger partial charge on any atom is -0.486 e. The number of aryl methyl sites for hydroxylation is 2. The van der Waals surface area contributed by atoms with E-state index in [1.165, 1.54) is 0 Å². The van der Waals surface area contributed by atoms with E-state index in [-0.39, 0.29) is 11.7 Å². The maximum absolute atomic E-state index is 13.0. The molecule has 1 N–H and O–H groups in total. The Morgan fingerprint density at radius 1 is 1.17 bits per heavy atom. The fourth-order valence-electron chi connectivity index (χ4n) is 4.82. The molecule has 0 aliphatic carbocycles. The Kier molecular flexibility index (Phi) is 4.40. The zero-order chi connectivity index (χ0) is 21.0. The SMILES string of the molecule is Cc1cc(C)c2c(c1)OC1(CCN(C(=O)c3cc4cccc(Cl)c4[nH]3)CC1)CC2=O. The molecule has 30 heavy (non-hydrogen) atoms. The number of ketones is 1. The zero-order valence-corrected chi connectivity index (χ0v) is 17.8. The number of rotatable bonds is 1. The number of H-pyrrole nitrogens is 1. The number of ether oxygens (including phenoxy) is 1. The first kappa shape index (κ1) is 19.2. The molecule has 154 valence electrons. The molecule has 3 aromatic rings. The number of aromatic amines is 1. The van der Waals surface area contributed by atoms with Crippen LogP contribution in [0.3, 0.4) is 0 Å². The van der Waals surface area contributed by atoms with E-state index >= 15 is 0 Å². The van der Waals surface area contributed by atoms with Crippen LogP contribution in [0, 0.1) is 13.8 Å². The number of halogens is 1. The summed E-state index contributed by atoms with van der Waals surface area (Å²) in [6.07, 6.45) is 1.64. The molecule has 1 saturated heterocycles. The van der Waals surface area contributed by atoms with E-state index in [2.05, 4.69) is 4.98 Å². The van der Waals surface area contributed by atoms with Crippen LogP contribution in [0.15, 0.2) is 36.4 Å². The molecular formula is C24H23ClN2O3. The fourth-order valence-corrected chi connectivity index (χ4v) is 5.05. The van der Waals surface area contributed by atoms with Gasteiger partial charge < -0.3 is 14.6 Å². The van der Waals surface area contributed by atoms with E-state index in [0.717, 1.165) is 22.0 Å². The van der Waals surface area contributed by atoms with Crippen molar-refractivity contribution in [1.82, 2.24) is 9.88 Å². The number of carbonyl (C=O) groups excluding carboxylic acids is 2. The van der Waals surface area contributed by atoms with Gasteiger partial charge in [-0.15, -0.1) is 0 Å². The number of hydrogen-bond acceptors (Lipinski definition) is 3. The van der Waals surface area contributed by atoms with Crippen LogP contribution in [0.4, 0.5) is 0 Å². The highest BCUT2D eigenvalue weighted by atomic mass is 35.5. The molecule has 0 bridgehead atoms. The number of carbonyl (C=O) groups is 2. The van der Waals surface area contributed by atoms with E-state index in [0.29, 0.717) is 54.4 Å². The Morgan fingerprint density at radius 3 is 2.67 bits per heavy atom. The van der Waals surface area contributed by atoms with Gasteiger partial charge in [0.1, 0.15) is 17.0 Å². The predicted molar refractivity (Wildman–Crippen MR) is 117 cm³/mol. The number of hydrogen-bond donors (Lipinski definition) is 1. The van der Waals surface area contributed by atoms with E-state index in [9.17, 15) is 9.59 Å². The van der Waals surface area contributed by atoms with Crippen molar-refractivity contribution in [3.63, 3.8) is 0 Å². The van der Waals surface area contributed by atoms with Crippen LogP contribution >= 0.6 is 11.6 Å². The van der Waals surface area contributed by atoms with Gasteiger partial charge in [-0.25, -0.2) is 0 Å². The van der Waals surface area contributed by atoms with Gasteiger partial charge in [0.05, 0.1) is 22.5 Å². The first-order chi connectivity index (χ1) is 14.3. The fraction of sp³-hybridized carbons (Fsp3) is 0.333. The molecule has 0 radical (unpaired) electrons. The summed E-state index contributed by atoms with van der Waals surface area (Å²) >= 11 is 6.23. The second kappa shape index (κ2) is 6.88. The monoisotopic (exact) mass is 422 g/mol. The summed E-state index contributed by atoms with van der Waals surface area (Å²) in [7, 11) is 0. The van der Waals surface area contributed by atoms with Crippen LogP contribution < -0.4 is 4.74 Å². The molecule has 1 amide bonds. The number of Topliss-reactive ketones (excluding diaryl/α,β-unsaturated/α-hetero) is 1. The van der Waals surface area contributed by atoms with Gasteiger partial charge in [0.15, 0.2) is 5.78 Å². The number of nitrogens with zero attached hydrogens (tertiary/aromatic N) is 1. The van der Waals surface area contributed by atoms with Crippen LogP contribution in [0.2, 0.25) is 5.02 Å². The second-order valence-corrected chi connectivity index (χ2v) is 8.93. The maximum Gasteiger partial charge on any atom is 0.270 e. The van der Waals surface area contributed by atoms with Crippen molar-refractivity contribution >= 4 is 34.2 Å². The Hall–Kier alpha value is -2.79. The lowest BCUT2D eigenvalue weighted by atomic mass is 9.81. The Bertz CT molecular complexity index is 1190. The molecule has 5 rings (SSSR count). The highest BCUT2D eigenvalue weighted by Crippen LogP contribution is 2.41. The number of aromatic nitrogens is 1. The van der Waals surface area contributed by atoms with E-state index in [1.54, 1.807) is 6.07 Å². The Labute approximate surface area is 180 Å². The summed E-state index contributed by atoms with van der Waals surface area (Å²) in [5.41, 5.74) is 3.55. The third-order valence-electron chi connectivity index (χ3n) is 6.33. The molecule has 2 aliphatic rings. The van der Waals surface area contributed by atoms with Gasteiger partial charge in [-0.2, -0.15) is 0 Å². The maximum atomic E-state index is 13.0. The van der Waals surface area contributed by atoms with E-state index in [4.69, 9.17) is 16.3 Å². The summed E-state index contributed by atoms with van der Waals surface area (Å²) < 4.78 is 6.41. The molecule has 0 saturated carbocycles. The van der Waals surface area contributed by atoms with Crippen molar-refractivity contribution in [2.75, 3.05) is 13.1 Å². The van der Waals surface area contributed by atoms with Crippen LogP contribution in [0.25, 0.3) is 10.9 Å². The molecular weight excluding hydrogens is 400 g/mol. The first-order valence-electron chi connectivity index (χ1n) is 10.3. The molecule has 5 nitrogen and oxygen atoms in total. The third kappa shape index (κ3) is 3.08. The summed E-state index contributed by atoms with van der Waals surface area (Å²) in [6, 6.07) is 11.4. The summed E-state index contributed by atoms with van der Waals surface area (Å²) in [4.78, 5) is 30.9. The third-order valence-corrected chi connectivity index (χ3v) is 6.64. The van der Waals surface area contributed by atoms with Crippen molar-refractivity contribution in [2.24, 2.45) is 0 Å². The van der Waals surface area contributed by atoms with Gasteiger partial charge in [-0.3, -0.25) is 9.59 Å². The lowest BCUT2D eigenvalue weighted by Gasteiger charge is -2.44. The quantitative estimate of drug-likeness (QED) is 0.595. The number of fused-ring (bicyclic) bond motifs is 2. The molecule has 0 atom stereocenters. The Balaban J connectivity index is 1.35. The molecule has 6 heteroatoms. The lowest BCUT2D eigenvalue weighted by Crippen LogP contribution is -2.52. The zero-order valence-electron chi connectivity index (χ0n) is 17.0. The van der Waals surface area contributed by atoms with Crippen LogP contribution in [-0.2, 0) is 0 Å². The normalized spacial score (nSPS) is 17.8. The Morgan fingerprint density at radius 2 is 1.93 bits per heavy atom. The number of likely N-dealkylation sites (tertiary alicyclic amines) is 1. The number of para-hydroxylation sites is 1. The van der Waals surface area contributed by atoms with Crippen molar-refractivity contribution in [3.05, 3.63) is 63.8 Å². The van der Waals surface area contributed by atoms with Crippen LogP contribution in [0.5, 0.6) is 5.75 Å². The molecule has 0 unspecified atom stereocenters. The molecule has 1 spiro atoms. The molecule has 1 fully saturated rings. The summed E-state index contributed by atoms with van der Waals surface area (Å²) in [6.45, 7) is 5.07. The van der Waals surface area contributed by atoms with Crippen LogP contribution in [0.1, 0.15) is 51.2 Å². The largest absolute Gasteiger partial charge is 0.486 e. The number of benzene rings is 2. The standard InChI is InChI=1S/C24H23ClN2O3/c1-14-10-15(2)21-19(28)13-24(30-20(21)11-14)6-8-27(9-7-24)23(29)18-12-16-4-3-5-17(25)22(16)26-18/h3-5,10-12,26H,6-9,13H2,1-2H3. The average molecular weight is 423 g/mol. The molecule has 3 heterocycles. The first-order valence-corrected chi connectivity index (χ1v) is 10.6. The highest BCUT2D eigenvalue weighted by Gasteiger charge is 2.44. The van der Waals surface area contributed by atoms with Crippen molar-refractivity contribution < 1.29 is 14.3 Å². The topological polar surface area (TPSA) is 62.4 Å². The predicted octanol–water partition coefficient (Wildman–Crippen LogP) is 5.08. The molecule has 2 aliphatic heterocycles. The van der Waals surface area contributed by atoms with Crippen molar-refractivity contribution in [2.45, 2.75) is 38.7 Å². The van der Waals surface area contributed by atoms with Crippen molar-refractivity contribution in [3.8, 4) is 5.75 Å². The van der Waals surface area contributed by atoms with E-state index in [1.807, 2.05) is 49.1 Å². The molecule has 1 aromatic heterocycles. The summed E-state index contributed by atoms with van der Waals surface area (Å²) in [5.74, 6) is 0.777. The summed E-state index contributed by atoms with van der Waals surface area (Å²) in [5, 5.41) is 1.52. The van der Waals surface area contributed by atoms with Gasteiger partial charge in [0.25, 0.3) is 5.91 Å². The number of piperidine rings is 1. The second-order valence-electron chi connectivity index (χ2n) is 8.52. The highest BCUT2D eigenvalue weighted by molar-refractivity contribution is 6.35. The minimum atomic E-state index is -0.523. The van der Waals surface area contributed by atoms with E-state index < -0.39 is 5.60 Å². The average Bonchev–Trinajstić information content (AvgIpc) is 3.13. The number of amides is 1. The van der Waals surface area contributed by atoms with Gasteiger partial charge in [-0.05, 0) is 43.2 Å². The number of nitrogens with one attached hydrogen (secondary N) is 1. The minimum absolute atomic E-state index is 0.0497. The van der Waals surface area contributed by atoms with Gasteiger partial charge >= 0.3 is 0 Å². The lowest BCUT2D eigenvalue weighted by molar-refractivity contribution is -0.00592. The smallest absolute Gasteiger partial charge is 0.270 e. The van der Waals surface area contributed by atoms with Gasteiger partial charge in [0.2, 0.25) is 0 Å². The van der Waals surface area contributed by atoms with Crippen molar-refractivity contribution in [1.29, 1.82) is 0 Å². The molecule has 2 aromatic carbocycles. The van der Waals surface area contributed by atoms with Gasteiger partial charge in [-0.1, -0.05) is 29.8 Å². The van der Waals surface area contributed by atoms with Gasteiger partial charge in [0, 0.05) is 31.3 Å². The van der Waals surface area contributed by atoms with Crippen LogP contribution in [-0.4, -0.2) is 40.3 Å².